The Morgan fingerprint density at radius 2 is 1.84 bits per heavy atom. The van der Waals surface area contributed by atoms with E-state index in [1.807, 2.05) is 30.3 Å². The predicted molar refractivity (Wildman–Crippen MR) is 119 cm³/mol. The first-order valence-corrected chi connectivity index (χ1v) is 11.9. The van der Waals surface area contributed by atoms with Crippen LogP contribution < -0.4 is 19.3 Å². The van der Waals surface area contributed by atoms with Gasteiger partial charge in [0.2, 0.25) is 10.0 Å². The largest absolute Gasteiger partial charge is 0.491 e. The molecule has 2 aromatic rings. The topological polar surface area (TPSA) is 107 Å². The standard InChI is InChI=1S/C22H28N2O7S/c1-22(2,3)31-21(25)24(23-32(4,26)27)19-12-17(28-14-18-15-29-18)10-11-20(19)30-13-16-8-6-5-7-9-16/h5-12,18,23H,13-15H2,1-4H3. The van der Waals surface area contributed by atoms with Crippen molar-refractivity contribution < 1.29 is 32.2 Å². The Kier molecular flexibility index (Phi) is 7.27. The molecule has 1 N–H and O–H groups in total. The minimum Gasteiger partial charge on any atom is -0.491 e. The second-order valence-corrected chi connectivity index (χ2v) is 10.1. The first-order chi connectivity index (χ1) is 15.0. The van der Waals surface area contributed by atoms with Gasteiger partial charge in [-0.3, -0.25) is 0 Å². The zero-order chi connectivity index (χ0) is 23.4. The molecule has 1 heterocycles. The van der Waals surface area contributed by atoms with Crippen LogP contribution in [-0.4, -0.2) is 45.7 Å². The number of sulfonamides is 1. The van der Waals surface area contributed by atoms with E-state index in [1.165, 1.54) is 6.07 Å². The van der Waals surface area contributed by atoms with Crippen molar-refractivity contribution in [2.45, 2.75) is 39.1 Å². The highest BCUT2D eigenvalue weighted by molar-refractivity contribution is 7.88. The van der Waals surface area contributed by atoms with Crippen LogP contribution >= 0.6 is 0 Å². The summed E-state index contributed by atoms with van der Waals surface area (Å²) in [5.74, 6) is 0.692. The van der Waals surface area contributed by atoms with E-state index in [4.69, 9.17) is 18.9 Å². The second kappa shape index (κ2) is 9.76. The van der Waals surface area contributed by atoms with Gasteiger partial charge in [-0.1, -0.05) is 30.3 Å². The number of carbonyl (C=O) groups is 1. The monoisotopic (exact) mass is 464 g/mol. The second-order valence-electron chi connectivity index (χ2n) is 8.35. The fraction of sp³-hybridized carbons (Fsp3) is 0.409. The van der Waals surface area contributed by atoms with E-state index in [0.717, 1.165) is 16.8 Å². The van der Waals surface area contributed by atoms with Crippen LogP contribution in [0.3, 0.4) is 0 Å². The number of ether oxygens (including phenoxy) is 4. The van der Waals surface area contributed by atoms with Gasteiger partial charge in [-0.25, -0.2) is 13.2 Å². The van der Waals surface area contributed by atoms with Crippen LogP contribution in [0.5, 0.6) is 11.5 Å². The lowest BCUT2D eigenvalue weighted by Gasteiger charge is -2.28. The van der Waals surface area contributed by atoms with E-state index in [1.54, 1.807) is 32.9 Å². The van der Waals surface area contributed by atoms with Gasteiger partial charge in [0.05, 0.1) is 12.9 Å². The number of anilines is 1. The van der Waals surface area contributed by atoms with E-state index < -0.39 is 21.7 Å². The van der Waals surface area contributed by atoms with Crippen molar-refractivity contribution in [2.75, 3.05) is 24.5 Å². The van der Waals surface area contributed by atoms with Gasteiger partial charge in [-0.15, -0.1) is 4.83 Å². The average Bonchev–Trinajstić information content (AvgIpc) is 3.52. The third-order valence-corrected chi connectivity index (χ3v) is 4.59. The Labute approximate surface area is 188 Å². The highest BCUT2D eigenvalue weighted by Gasteiger charge is 2.29. The number of hydrogen-bond acceptors (Lipinski definition) is 7. The Hall–Kier alpha value is -2.82. The van der Waals surface area contributed by atoms with E-state index in [9.17, 15) is 13.2 Å². The average molecular weight is 465 g/mol. The first-order valence-electron chi connectivity index (χ1n) is 10.1. The summed E-state index contributed by atoms with van der Waals surface area (Å²) < 4.78 is 46.3. The fourth-order valence-electron chi connectivity index (χ4n) is 2.63. The quantitative estimate of drug-likeness (QED) is 0.448. The van der Waals surface area contributed by atoms with Crippen LogP contribution in [-0.2, 0) is 26.1 Å². The van der Waals surface area contributed by atoms with E-state index in [0.29, 0.717) is 19.0 Å². The van der Waals surface area contributed by atoms with Crippen molar-refractivity contribution in [3.05, 3.63) is 54.1 Å². The number of nitrogens with one attached hydrogen (secondary N) is 1. The lowest BCUT2D eigenvalue weighted by atomic mass is 10.2. The molecule has 1 saturated heterocycles. The van der Waals surface area contributed by atoms with Crippen molar-refractivity contribution in [1.82, 2.24) is 4.83 Å². The molecule has 2 aromatic carbocycles. The van der Waals surface area contributed by atoms with Gasteiger partial charge < -0.3 is 18.9 Å². The van der Waals surface area contributed by atoms with Crippen molar-refractivity contribution in [3.8, 4) is 11.5 Å². The molecule has 1 unspecified atom stereocenters. The smallest absolute Gasteiger partial charge is 0.430 e. The molecule has 1 aliphatic rings. The lowest BCUT2D eigenvalue weighted by Crippen LogP contribution is -2.48. The number of epoxide rings is 1. The highest BCUT2D eigenvalue weighted by atomic mass is 32.2. The highest BCUT2D eigenvalue weighted by Crippen LogP contribution is 2.34. The maximum absolute atomic E-state index is 12.9. The Bertz CT molecular complexity index is 1030. The van der Waals surface area contributed by atoms with E-state index in [-0.39, 0.29) is 24.1 Å². The van der Waals surface area contributed by atoms with Crippen molar-refractivity contribution >= 4 is 21.8 Å². The molecule has 1 fully saturated rings. The SMILES string of the molecule is CC(C)(C)OC(=O)N(NS(C)(=O)=O)c1cc(OCC2CO2)ccc1OCc1ccccc1. The molecule has 1 aliphatic heterocycles. The van der Waals surface area contributed by atoms with Gasteiger partial charge in [0, 0.05) is 6.07 Å². The molecule has 32 heavy (non-hydrogen) atoms. The van der Waals surface area contributed by atoms with Crippen LogP contribution in [0.15, 0.2) is 48.5 Å². The number of carbonyl (C=O) groups excluding carboxylic acids is 1. The summed E-state index contributed by atoms with van der Waals surface area (Å²) >= 11 is 0. The van der Waals surface area contributed by atoms with Gasteiger partial charge in [0.25, 0.3) is 0 Å². The van der Waals surface area contributed by atoms with Crippen LogP contribution in [0.2, 0.25) is 0 Å². The number of amides is 1. The molecule has 0 saturated carbocycles. The van der Waals surface area contributed by atoms with Crippen LogP contribution in [0.4, 0.5) is 10.5 Å². The molecule has 0 radical (unpaired) electrons. The predicted octanol–water partition coefficient (Wildman–Crippen LogP) is 3.25. The van der Waals surface area contributed by atoms with Gasteiger partial charge in [-0.05, 0) is 38.5 Å². The van der Waals surface area contributed by atoms with Crippen LogP contribution in [0, 0.1) is 0 Å². The summed E-state index contributed by atoms with van der Waals surface area (Å²) in [7, 11) is -3.83. The van der Waals surface area contributed by atoms with Gasteiger partial charge in [0.1, 0.15) is 42.1 Å². The Morgan fingerprint density at radius 1 is 1.16 bits per heavy atom. The summed E-state index contributed by atoms with van der Waals surface area (Å²) in [6.07, 6.45) is 0.0679. The lowest BCUT2D eigenvalue weighted by molar-refractivity contribution is 0.0570. The normalized spacial score (nSPS) is 15.7. The molecule has 9 nitrogen and oxygen atoms in total. The van der Waals surface area contributed by atoms with Gasteiger partial charge >= 0.3 is 6.09 Å². The van der Waals surface area contributed by atoms with Crippen LogP contribution in [0.25, 0.3) is 0 Å². The fourth-order valence-corrected chi connectivity index (χ4v) is 3.14. The van der Waals surface area contributed by atoms with Crippen molar-refractivity contribution in [3.63, 3.8) is 0 Å². The summed E-state index contributed by atoms with van der Waals surface area (Å²) in [4.78, 5) is 15.1. The number of benzene rings is 2. The molecular weight excluding hydrogens is 436 g/mol. The minimum absolute atomic E-state index is 0.0311. The maximum atomic E-state index is 12.9. The molecule has 174 valence electrons. The van der Waals surface area contributed by atoms with Crippen molar-refractivity contribution in [2.24, 2.45) is 0 Å². The van der Waals surface area contributed by atoms with Crippen molar-refractivity contribution in [1.29, 1.82) is 0 Å². The maximum Gasteiger partial charge on any atom is 0.430 e. The number of hydrogen-bond donors (Lipinski definition) is 1. The van der Waals surface area contributed by atoms with Crippen LogP contribution in [0.1, 0.15) is 26.3 Å². The first kappa shape index (κ1) is 23.8. The Balaban J connectivity index is 1.94. The van der Waals surface area contributed by atoms with E-state index in [2.05, 4.69) is 4.83 Å². The molecule has 10 heteroatoms. The molecule has 0 aromatic heterocycles. The molecule has 1 atom stereocenters. The summed E-state index contributed by atoms with van der Waals surface area (Å²) in [5.41, 5.74) is 0.191. The van der Waals surface area contributed by atoms with E-state index >= 15 is 0 Å². The third kappa shape index (κ3) is 7.70. The Morgan fingerprint density at radius 3 is 2.44 bits per heavy atom. The molecular formula is C22H28N2O7S. The van der Waals surface area contributed by atoms with Gasteiger partial charge in [0.15, 0.2) is 0 Å². The molecule has 1 amide bonds. The number of hydrazine groups is 1. The summed E-state index contributed by atoms with van der Waals surface area (Å²) in [5, 5.41) is 0.807. The number of nitrogens with zero attached hydrogens (tertiary/aromatic N) is 1. The molecule has 3 rings (SSSR count). The summed E-state index contributed by atoms with van der Waals surface area (Å²) in [6, 6.07) is 14.3. The number of rotatable bonds is 9. The summed E-state index contributed by atoms with van der Waals surface area (Å²) in [6.45, 7) is 6.24. The molecule has 0 bridgehead atoms. The zero-order valence-electron chi connectivity index (χ0n) is 18.5. The van der Waals surface area contributed by atoms with Gasteiger partial charge in [-0.2, -0.15) is 5.01 Å². The zero-order valence-corrected chi connectivity index (χ0v) is 19.3. The minimum atomic E-state index is -3.83. The third-order valence-electron chi connectivity index (χ3n) is 4.08. The molecule has 0 aliphatic carbocycles. The molecule has 0 spiro atoms.